The Kier molecular flexibility index (Phi) is 7.91. The summed E-state index contributed by atoms with van der Waals surface area (Å²) in [6.07, 6.45) is 7.18. The highest BCUT2D eigenvalue weighted by Crippen LogP contribution is 2.34. The Labute approximate surface area is 229 Å². The molecule has 1 heterocycles. The third kappa shape index (κ3) is 5.73. The lowest BCUT2D eigenvalue weighted by molar-refractivity contribution is 0.284. The Morgan fingerprint density at radius 1 is 1.08 bits per heavy atom. The fraction of sp³-hybridized carbons (Fsp3) is 0.276. The first-order valence-corrected chi connectivity index (χ1v) is 13.5. The molecule has 1 fully saturated rings. The lowest BCUT2D eigenvalue weighted by Crippen LogP contribution is -2.25. The quantitative estimate of drug-likeness (QED) is 0.215. The van der Waals surface area contributed by atoms with Crippen molar-refractivity contribution in [2.24, 2.45) is 5.10 Å². The lowest BCUT2D eigenvalue weighted by atomic mass is 9.88. The van der Waals surface area contributed by atoms with Gasteiger partial charge in [0.1, 0.15) is 12.4 Å². The molecule has 0 bridgehead atoms. The summed E-state index contributed by atoms with van der Waals surface area (Å²) < 4.78 is 13.8. The van der Waals surface area contributed by atoms with Crippen LogP contribution in [0.15, 0.2) is 75.0 Å². The van der Waals surface area contributed by atoms with Gasteiger partial charge in [0, 0.05) is 21.0 Å². The fourth-order valence-corrected chi connectivity index (χ4v) is 5.21. The first-order valence-electron chi connectivity index (χ1n) is 12.3. The van der Waals surface area contributed by atoms with E-state index < -0.39 is 0 Å². The van der Waals surface area contributed by atoms with Gasteiger partial charge in [0.05, 0.1) is 24.2 Å². The number of ether oxygens (including phenoxy) is 2. The Hall–Kier alpha value is -3.16. The number of fused-ring (bicyclic) bond motifs is 1. The number of methoxy groups -OCH3 is 1. The van der Waals surface area contributed by atoms with E-state index in [4.69, 9.17) is 26.1 Å². The predicted octanol–water partition coefficient (Wildman–Crippen LogP) is 7.33. The van der Waals surface area contributed by atoms with Gasteiger partial charge in [0.25, 0.3) is 5.56 Å². The van der Waals surface area contributed by atoms with Crippen molar-refractivity contribution in [1.82, 2.24) is 9.66 Å². The predicted molar refractivity (Wildman–Crippen MR) is 151 cm³/mol. The smallest absolute Gasteiger partial charge is 0.282 e. The molecule has 0 N–H and O–H groups in total. The van der Waals surface area contributed by atoms with Crippen molar-refractivity contribution < 1.29 is 9.47 Å². The van der Waals surface area contributed by atoms with E-state index in [0.29, 0.717) is 34.0 Å². The van der Waals surface area contributed by atoms with Crippen LogP contribution < -0.4 is 15.0 Å². The van der Waals surface area contributed by atoms with E-state index in [0.717, 1.165) is 47.1 Å². The number of benzene rings is 3. The van der Waals surface area contributed by atoms with E-state index in [1.54, 1.807) is 19.4 Å². The van der Waals surface area contributed by atoms with E-state index in [-0.39, 0.29) is 11.5 Å². The van der Waals surface area contributed by atoms with E-state index in [2.05, 4.69) is 21.0 Å². The topological polar surface area (TPSA) is 65.7 Å². The van der Waals surface area contributed by atoms with E-state index in [9.17, 15) is 4.79 Å². The second-order valence-electron chi connectivity index (χ2n) is 9.12. The number of hydrogen-bond acceptors (Lipinski definition) is 5. The average molecular weight is 581 g/mol. The molecule has 5 rings (SSSR count). The van der Waals surface area contributed by atoms with Crippen LogP contribution in [-0.4, -0.2) is 23.0 Å². The summed E-state index contributed by atoms with van der Waals surface area (Å²) in [6, 6.07) is 18.6. The maximum absolute atomic E-state index is 13.5. The zero-order valence-electron chi connectivity index (χ0n) is 20.5. The summed E-state index contributed by atoms with van der Waals surface area (Å²) in [5, 5.41) is 5.88. The molecule has 3 aromatic carbocycles. The van der Waals surface area contributed by atoms with Gasteiger partial charge in [-0.25, -0.2) is 4.98 Å². The number of halogens is 2. The Morgan fingerprint density at radius 3 is 2.59 bits per heavy atom. The summed E-state index contributed by atoms with van der Waals surface area (Å²) in [7, 11) is 1.60. The minimum Gasteiger partial charge on any atom is -0.493 e. The number of hydrogen-bond donors (Lipinski definition) is 0. The zero-order chi connectivity index (χ0) is 25.8. The molecule has 0 amide bonds. The van der Waals surface area contributed by atoms with Crippen LogP contribution in [0.25, 0.3) is 10.9 Å². The Balaban J connectivity index is 1.48. The molecule has 37 heavy (non-hydrogen) atoms. The monoisotopic (exact) mass is 579 g/mol. The molecule has 0 unspecified atom stereocenters. The summed E-state index contributed by atoms with van der Waals surface area (Å²) >= 11 is 9.60. The van der Waals surface area contributed by atoms with Gasteiger partial charge in [-0.05, 0) is 70.7 Å². The molecule has 1 aliphatic rings. The van der Waals surface area contributed by atoms with Crippen molar-refractivity contribution >= 4 is 44.6 Å². The number of rotatable bonds is 7. The van der Waals surface area contributed by atoms with E-state index in [1.165, 1.54) is 11.1 Å². The van der Waals surface area contributed by atoms with Crippen LogP contribution in [0.3, 0.4) is 0 Å². The summed E-state index contributed by atoms with van der Waals surface area (Å²) in [6.45, 7) is 0.371. The molecular weight excluding hydrogens is 554 g/mol. The molecule has 6 nitrogen and oxygen atoms in total. The maximum Gasteiger partial charge on any atom is 0.282 e. The first-order chi connectivity index (χ1) is 18.0. The molecular formula is C29H27BrClN3O3. The normalized spacial score (nSPS) is 14.4. The zero-order valence-corrected chi connectivity index (χ0v) is 22.8. The Morgan fingerprint density at radius 2 is 1.84 bits per heavy atom. The minimum absolute atomic E-state index is 0.159. The molecule has 0 spiro atoms. The van der Waals surface area contributed by atoms with Crippen LogP contribution >= 0.6 is 27.5 Å². The number of aromatic nitrogens is 2. The van der Waals surface area contributed by atoms with Crippen LogP contribution in [0.2, 0.25) is 5.02 Å². The van der Waals surface area contributed by atoms with Gasteiger partial charge in [-0.2, -0.15) is 9.78 Å². The number of para-hydroxylation sites is 1. The molecule has 1 aliphatic carbocycles. The van der Waals surface area contributed by atoms with Crippen LogP contribution in [0, 0.1) is 0 Å². The van der Waals surface area contributed by atoms with Gasteiger partial charge in [-0.3, -0.25) is 4.79 Å². The first kappa shape index (κ1) is 25.5. The third-order valence-corrected chi connectivity index (χ3v) is 7.59. The summed E-state index contributed by atoms with van der Waals surface area (Å²) in [5.41, 5.74) is 2.30. The van der Waals surface area contributed by atoms with Crippen molar-refractivity contribution in [3.63, 3.8) is 0 Å². The second kappa shape index (κ2) is 11.5. The molecule has 1 aromatic heterocycles. The second-order valence-corrected chi connectivity index (χ2v) is 10.4. The van der Waals surface area contributed by atoms with Gasteiger partial charge >= 0.3 is 0 Å². The van der Waals surface area contributed by atoms with Crippen LogP contribution in [0.5, 0.6) is 11.5 Å². The molecule has 8 heteroatoms. The molecule has 1 saturated carbocycles. The summed E-state index contributed by atoms with van der Waals surface area (Å²) in [5.74, 6) is 2.10. The van der Waals surface area contributed by atoms with Gasteiger partial charge in [-0.1, -0.05) is 55.1 Å². The highest BCUT2D eigenvalue weighted by Gasteiger charge is 2.22. The van der Waals surface area contributed by atoms with Crippen molar-refractivity contribution in [3.05, 3.63) is 97.5 Å². The molecule has 190 valence electrons. The fourth-order valence-electron chi connectivity index (χ4n) is 4.66. The van der Waals surface area contributed by atoms with Gasteiger partial charge in [-0.15, -0.1) is 0 Å². The standard InChI is InChI=1S/C29H27BrClN3O3/c1-36-26-15-21(24(30)16-27(26)37-18-19-11-13-22(31)14-12-19)17-32-34-28(20-7-3-2-4-8-20)33-25-10-6-5-9-23(25)29(34)35/h5-6,9-17,20H,2-4,7-8,18H2,1H3. The lowest BCUT2D eigenvalue weighted by Gasteiger charge is -2.22. The average Bonchev–Trinajstić information content (AvgIpc) is 2.93. The highest BCUT2D eigenvalue weighted by molar-refractivity contribution is 9.10. The SMILES string of the molecule is COc1cc(C=Nn2c(C3CCCCC3)nc3ccccc3c2=O)c(Br)cc1OCc1ccc(Cl)cc1. The maximum atomic E-state index is 13.5. The van der Waals surface area contributed by atoms with Crippen molar-refractivity contribution in [1.29, 1.82) is 0 Å². The highest BCUT2D eigenvalue weighted by atomic mass is 79.9. The third-order valence-electron chi connectivity index (χ3n) is 6.65. The molecule has 4 aromatic rings. The van der Waals surface area contributed by atoms with Gasteiger partial charge < -0.3 is 9.47 Å². The summed E-state index contributed by atoms with van der Waals surface area (Å²) in [4.78, 5) is 18.3. The number of nitrogens with zero attached hydrogens (tertiary/aromatic N) is 3. The minimum atomic E-state index is -0.159. The van der Waals surface area contributed by atoms with Crippen molar-refractivity contribution in [2.75, 3.05) is 7.11 Å². The van der Waals surface area contributed by atoms with E-state index >= 15 is 0 Å². The molecule has 0 aliphatic heterocycles. The molecule has 0 atom stereocenters. The van der Waals surface area contributed by atoms with Crippen LogP contribution in [0.1, 0.15) is 55.0 Å². The van der Waals surface area contributed by atoms with Crippen molar-refractivity contribution in [2.45, 2.75) is 44.6 Å². The van der Waals surface area contributed by atoms with E-state index in [1.807, 2.05) is 54.6 Å². The van der Waals surface area contributed by atoms with Crippen LogP contribution in [0.4, 0.5) is 0 Å². The largest absolute Gasteiger partial charge is 0.493 e. The van der Waals surface area contributed by atoms with Crippen LogP contribution in [-0.2, 0) is 6.61 Å². The van der Waals surface area contributed by atoms with Crippen molar-refractivity contribution in [3.8, 4) is 11.5 Å². The molecule has 0 radical (unpaired) electrons. The van der Waals surface area contributed by atoms with Gasteiger partial charge in [0.15, 0.2) is 11.5 Å². The molecule has 0 saturated heterocycles. The van der Waals surface area contributed by atoms with Gasteiger partial charge in [0.2, 0.25) is 0 Å². The Bertz CT molecular complexity index is 1500.